The predicted molar refractivity (Wildman–Crippen MR) is 57.3 cm³/mol. The zero-order valence-electron chi connectivity index (χ0n) is 8.64. The van der Waals surface area contributed by atoms with Crippen molar-refractivity contribution >= 4 is 5.82 Å². The first kappa shape index (κ1) is 10.9. The van der Waals surface area contributed by atoms with Crippen molar-refractivity contribution < 1.29 is 5.11 Å². The summed E-state index contributed by atoms with van der Waals surface area (Å²) in [5.74, 6) is 0.923. The molecule has 0 bridgehead atoms. The van der Waals surface area contributed by atoms with Gasteiger partial charge in [-0.3, -0.25) is 0 Å². The summed E-state index contributed by atoms with van der Waals surface area (Å²) in [5.41, 5.74) is 6.67. The van der Waals surface area contributed by atoms with Gasteiger partial charge in [0.05, 0.1) is 6.61 Å². The van der Waals surface area contributed by atoms with Gasteiger partial charge in [0.25, 0.3) is 0 Å². The lowest BCUT2D eigenvalue weighted by molar-refractivity contribution is 0.265. The minimum Gasteiger partial charge on any atom is -0.395 e. The van der Waals surface area contributed by atoms with E-state index in [2.05, 4.69) is 4.98 Å². The van der Waals surface area contributed by atoms with Gasteiger partial charge in [-0.05, 0) is 18.1 Å². The molecule has 1 unspecified atom stereocenters. The van der Waals surface area contributed by atoms with Crippen molar-refractivity contribution in [3.8, 4) is 0 Å². The summed E-state index contributed by atoms with van der Waals surface area (Å²) < 4.78 is 0. The molecular formula is C10H17N3O. The van der Waals surface area contributed by atoms with Gasteiger partial charge in [0.15, 0.2) is 0 Å². The molecule has 0 aliphatic heterocycles. The summed E-state index contributed by atoms with van der Waals surface area (Å²) >= 11 is 0. The molecule has 0 aromatic carbocycles. The maximum atomic E-state index is 8.79. The highest BCUT2D eigenvalue weighted by atomic mass is 16.3. The maximum Gasteiger partial charge on any atom is 0.127 e. The average molecular weight is 195 g/mol. The lowest BCUT2D eigenvalue weighted by Gasteiger charge is -2.12. The Labute approximate surface area is 84.4 Å². The number of pyridine rings is 1. The number of hydrogen-bond donors (Lipinski definition) is 2. The standard InChI is InChI=1S/C10H17N3O/c1-13(2)10-4-3-8(6-12-10)5-9(11)7-14/h3-4,6,9,14H,5,7,11H2,1-2H3. The molecule has 4 heteroatoms. The second-order valence-corrected chi connectivity index (χ2v) is 3.57. The molecule has 4 nitrogen and oxygen atoms in total. The van der Waals surface area contributed by atoms with E-state index in [0.29, 0.717) is 6.42 Å². The van der Waals surface area contributed by atoms with Crippen LogP contribution in [-0.4, -0.2) is 36.8 Å². The second-order valence-electron chi connectivity index (χ2n) is 3.57. The Kier molecular flexibility index (Phi) is 3.85. The van der Waals surface area contributed by atoms with Crippen LogP contribution in [0.3, 0.4) is 0 Å². The Bertz CT molecular complexity index is 271. The molecule has 0 aliphatic carbocycles. The third kappa shape index (κ3) is 2.97. The fourth-order valence-electron chi connectivity index (χ4n) is 1.17. The van der Waals surface area contributed by atoms with Crippen molar-refractivity contribution in [2.75, 3.05) is 25.6 Å². The van der Waals surface area contributed by atoms with Gasteiger partial charge in [0.2, 0.25) is 0 Å². The largest absolute Gasteiger partial charge is 0.395 e. The summed E-state index contributed by atoms with van der Waals surface area (Å²) in [6, 6.07) is 3.74. The molecule has 78 valence electrons. The Balaban J connectivity index is 2.64. The number of aliphatic hydroxyl groups is 1. The summed E-state index contributed by atoms with van der Waals surface area (Å²) in [6.45, 7) is 0.00936. The van der Waals surface area contributed by atoms with Crippen LogP contribution in [0.4, 0.5) is 5.82 Å². The molecule has 0 aliphatic rings. The molecule has 3 N–H and O–H groups in total. The van der Waals surface area contributed by atoms with Crippen LogP contribution in [0.25, 0.3) is 0 Å². The average Bonchev–Trinajstić information content (AvgIpc) is 2.18. The monoisotopic (exact) mass is 195 g/mol. The van der Waals surface area contributed by atoms with Crippen LogP contribution in [-0.2, 0) is 6.42 Å². The van der Waals surface area contributed by atoms with Crippen LogP contribution in [0.2, 0.25) is 0 Å². The Morgan fingerprint density at radius 3 is 2.64 bits per heavy atom. The molecule has 1 aromatic rings. The fraction of sp³-hybridized carbons (Fsp3) is 0.500. The van der Waals surface area contributed by atoms with E-state index in [9.17, 15) is 0 Å². The molecule has 1 aromatic heterocycles. The SMILES string of the molecule is CN(C)c1ccc(CC(N)CO)cn1. The number of nitrogens with two attached hydrogens (primary N) is 1. The number of nitrogens with zero attached hydrogens (tertiary/aromatic N) is 2. The van der Waals surface area contributed by atoms with Gasteiger partial charge in [0, 0.05) is 26.3 Å². The van der Waals surface area contributed by atoms with Crippen LogP contribution >= 0.6 is 0 Å². The van der Waals surface area contributed by atoms with E-state index < -0.39 is 0 Å². The van der Waals surface area contributed by atoms with E-state index in [1.54, 1.807) is 6.20 Å². The van der Waals surface area contributed by atoms with Crippen molar-refractivity contribution in [2.45, 2.75) is 12.5 Å². The van der Waals surface area contributed by atoms with Crippen LogP contribution in [0, 0.1) is 0 Å². The minimum absolute atomic E-state index is 0.00936. The molecule has 1 atom stereocenters. The van der Waals surface area contributed by atoms with Crippen LogP contribution in [0.5, 0.6) is 0 Å². The molecule has 1 rings (SSSR count). The van der Waals surface area contributed by atoms with E-state index in [1.807, 2.05) is 31.1 Å². The number of hydrogen-bond acceptors (Lipinski definition) is 4. The third-order valence-corrected chi connectivity index (χ3v) is 2.00. The van der Waals surface area contributed by atoms with E-state index in [4.69, 9.17) is 10.8 Å². The topological polar surface area (TPSA) is 62.4 Å². The molecule has 1 heterocycles. The van der Waals surface area contributed by atoms with Crippen molar-refractivity contribution in [1.29, 1.82) is 0 Å². The number of anilines is 1. The summed E-state index contributed by atoms with van der Waals surface area (Å²) in [5, 5.41) is 8.79. The first-order valence-corrected chi connectivity index (χ1v) is 4.62. The first-order valence-electron chi connectivity index (χ1n) is 4.62. The Morgan fingerprint density at radius 1 is 1.50 bits per heavy atom. The van der Waals surface area contributed by atoms with E-state index in [0.717, 1.165) is 11.4 Å². The fourth-order valence-corrected chi connectivity index (χ4v) is 1.17. The van der Waals surface area contributed by atoms with Gasteiger partial charge in [-0.2, -0.15) is 0 Å². The highest BCUT2D eigenvalue weighted by molar-refractivity contribution is 5.37. The second kappa shape index (κ2) is 4.93. The first-order chi connectivity index (χ1) is 6.63. The zero-order chi connectivity index (χ0) is 10.6. The van der Waals surface area contributed by atoms with Gasteiger partial charge in [0.1, 0.15) is 5.82 Å². The minimum atomic E-state index is -0.193. The van der Waals surface area contributed by atoms with Crippen LogP contribution in [0.15, 0.2) is 18.3 Å². The molecule has 0 saturated carbocycles. The van der Waals surface area contributed by atoms with Crippen LogP contribution < -0.4 is 10.6 Å². The van der Waals surface area contributed by atoms with Gasteiger partial charge < -0.3 is 15.7 Å². The van der Waals surface area contributed by atoms with Crippen molar-refractivity contribution in [3.05, 3.63) is 23.9 Å². The third-order valence-electron chi connectivity index (χ3n) is 2.00. The van der Waals surface area contributed by atoms with Crippen molar-refractivity contribution in [1.82, 2.24) is 4.98 Å². The quantitative estimate of drug-likeness (QED) is 0.710. The van der Waals surface area contributed by atoms with Gasteiger partial charge >= 0.3 is 0 Å². The normalized spacial score (nSPS) is 12.6. The predicted octanol–water partition coefficient (Wildman–Crippen LogP) is 0.00970. The highest BCUT2D eigenvalue weighted by Crippen LogP contribution is 2.08. The molecule has 14 heavy (non-hydrogen) atoms. The Hall–Kier alpha value is -1.13. The van der Waals surface area contributed by atoms with E-state index in [-0.39, 0.29) is 12.6 Å². The van der Waals surface area contributed by atoms with Crippen molar-refractivity contribution in [2.24, 2.45) is 5.73 Å². The van der Waals surface area contributed by atoms with Gasteiger partial charge in [-0.1, -0.05) is 6.07 Å². The molecular weight excluding hydrogens is 178 g/mol. The summed E-state index contributed by atoms with van der Waals surface area (Å²) in [7, 11) is 3.89. The van der Waals surface area contributed by atoms with E-state index >= 15 is 0 Å². The van der Waals surface area contributed by atoms with Gasteiger partial charge in [-0.25, -0.2) is 4.98 Å². The lowest BCUT2D eigenvalue weighted by Crippen LogP contribution is -2.26. The summed E-state index contributed by atoms with van der Waals surface area (Å²) in [6.07, 6.45) is 2.46. The highest BCUT2D eigenvalue weighted by Gasteiger charge is 2.03. The molecule has 0 radical (unpaired) electrons. The lowest BCUT2D eigenvalue weighted by atomic mass is 10.1. The molecule has 0 saturated heterocycles. The Morgan fingerprint density at radius 2 is 2.21 bits per heavy atom. The van der Waals surface area contributed by atoms with Crippen LogP contribution in [0.1, 0.15) is 5.56 Å². The maximum absolute atomic E-state index is 8.79. The molecule has 0 fully saturated rings. The summed E-state index contributed by atoms with van der Waals surface area (Å²) in [4.78, 5) is 6.19. The van der Waals surface area contributed by atoms with Gasteiger partial charge in [-0.15, -0.1) is 0 Å². The van der Waals surface area contributed by atoms with Crippen molar-refractivity contribution in [3.63, 3.8) is 0 Å². The smallest absolute Gasteiger partial charge is 0.127 e. The number of aliphatic hydroxyl groups excluding tert-OH is 1. The number of aromatic nitrogens is 1. The molecule has 0 spiro atoms. The van der Waals surface area contributed by atoms with E-state index in [1.165, 1.54) is 0 Å². The number of rotatable bonds is 4. The molecule has 0 amide bonds. The zero-order valence-corrected chi connectivity index (χ0v) is 8.64.